The average Bonchev–Trinajstić information content (AvgIpc) is 3.18. The maximum Gasteiger partial charge on any atom is 0.248 e. The smallest absolute Gasteiger partial charge is 0.248 e. The highest BCUT2D eigenvalue weighted by Gasteiger charge is 2.46. The zero-order valence-corrected chi connectivity index (χ0v) is 14.5. The van der Waals surface area contributed by atoms with Gasteiger partial charge in [0.2, 0.25) is 11.9 Å². The van der Waals surface area contributed by atoms with Gasteiger partial charge in [-0.05, 0) is 18.9 Å². The summed E-state index contributed by atoms with van der Waals surface area (Å²) in [4.78, 5) is 22.9. The summed E-state index contributed by atoms with van der Waals surface area (Å²) >= 11 is 0. The van der Waals surface area contributed by atoms with Gasteiger partial charge in [-0.25, -0.2) is 4.98 Å². The number of rotatable bonds is 5. The predicted octanol–water partition coefficient (Wildman–Crippen LogP) is 1.85. The summed E-state index contributed by atoms with van der Waals surface area (Å²) < 4.78 is 1.91. The highest BCUT2D eigenvalue weighted by Crippen LogP contribution is 2.36. The molecule has 9 heteroatoms. The van der Waals surface area contributed by atoms with Gasteiger partial charge in [0.1, 0.15) is 11.2 Å². The molecule has 0 aromatic carbocycles. The van der Waals surface area contributed by atoms with Crippen molar-refractivity contribution < 1.29 is 4.79 Å². The van der Waals surface area contributed by atoms with Crippen molar-refractivity contribution in [3.63, 3.8) is 0 Å². The lowest BCUT2D eigenvalue weighted by atomic mass is 9.85. The van der Waals surface area contributed by atoms with Crippen LogP contribution in [0.4, 0.5) is 17.5 Å². The molecule has 2 aliphatic heterocycles. The van der Waals surface area contributed by atoms with Gasteiger partial charge >= 0.3 is 0 Å². The Hall–Kier alpha value is -2.99. The van der Waals surface area contributed by atoms with Crippen LogP contribution in [0.15, 0.2) is 24.7 Å². The molecule has 0 bridgehead atoms. The van der Waals surface area contributed by atoms with Crippen LogP contribution in [0, 0.1) is 16.7 Å². The molecule has 142 valence electrons. The summed E-state index contributed by atoms with van der Waals surface area (Å²) in [5.41, 5.74) is -0.141. The molecule has 0 aliphatic carbocycles. The number of nitrogens with zero attached hydrogens (tertiary/aromatic N) is 6. The van der Waals surface area contributed by atoms with Gasteiger partial charge in [-0.15, -0.1) is 0 Å². The van der Waals surface area contributed by atoms with E-state index in [0.717, 1.165) is 18.8 Å². The zero-order chi connectivity index (χ0) is 18.1. The second-order valence-corrected chi connectivity index (χ2v) is 6.64. The normalized spacial score (nSPS) is 22.1. The van der Waals surface area contributed by atoms with Crippen LogP contribution in [0.1, 0.15) is 33.2 Å². The van der Waals surface area contributed by atoms with Crippen LogP contribution in [-0.2, 0) is 4.79 Å². The molecule has 1 atom stereocenters. The van der Waals surface area contributed by atoms with Crippen molar-refractivity contribution in [1.82, 2.24) is 25.1 Å². The Morgan fingerprint density at radius 1 is 1.48 bits per heavy atom. The van der Waals surface area contributed by atoms with Gasteiger partial charge in [0.05, 0.1) is 24.0 Å². The third-order valence-electron chi connectivity index (χ3n) is 5.14. The maximum atomic E-state index is 12.7. The molecule has 0 saturated carbocycles. The number of carbonyl (C=O) groups is 1. The van der Waals surface area contributed by atoms with Crippen molar-refractivity contribution in [1.29, 1.82) is 5.26 Å². The fraction of sp³-hybridized carbons (Fsp3) is 0.500. The lowest BCUT2D eigenvalue weighted by molar-refractivity contribution is -0.123. The highest BCUT2D eigenvalue weighted by atomic mass is 16.2. The lowest BCUT2D eigenvalue weighted by Crippen LogP contribution is -2.43. The summed E-state index contributed by atoms with van der Waals surface area (Å²) in [6, 6.07) is 4.26. The van der Waals surface area contributed by atoms with Crippen LogP contribution in [-0.4, -0.2) is 45.3 Å². The molecule has 27 heavy (non-hydrogen) atoms. The van der Waals surface area contributed by atoms with E-state index in [1.54, 1.807) is 23.4 Å². The fourth-order valence-corrected chi connectivity index (χ4v) is 3.25. The average molecular weight is 368 g/mol. The lowest BCUT2D eigenvalue weighted by Gasteiger charge is -2.27. The minimum Gasteiger partial charge on any atom is -0.321 e. The molecule has 4 heterocycles. The Labute approximate surface area is 158 Å². The highest BCUT2D eigenvalue weighted by molar-refractivity contribution is 6.01. The van der Waals surface area contributed by atoms with Crippen molar-refractivity contribution in [2.45, 2.75) is 33.2 Å². The molecule has 0 radical (unpaired) electrons. The molecule has 2 fully saturated rings. The molecule has 0 spiro atoms. The van der Waals surface area contributed by atoms with E-state index in [4.69, 9.17) is 0 Å². The van der Waals surface area contributed by atoms with E-state index in [2.05, 4.69) is 31.8 Å². The van der Waals surface area contributed by atoms with E-state index in [0.29, 0.717) is 37.2 Å². The van der Waals surface area contributed by atoms with Crippen molar-refractivity contribution in [3.8, 4) is 6.07 Å². The van der Waals surface area contributed by atoms with Crippen molar-refractivity contribution in [3.05, 3.63) is 24.7 Å². The Bertz CT molecular complexity index is 868. The molecule has 1 amide bonds. The summed E-state index contributed by atoms with van der Waals surface area (Å²) in [6.07, 6.45) is 6.28. The van der Waals surface area contributed by atoms with Crippen LogP contribution >= 0.6 is 0 Å². The number of nitriles is 1. The van der Waals surface area contributed by atoms with E-state index < -0.39 is 5.41 Å². The first-order valence-electron chi connectivity index (χ1n) is 8.73. The number of nitrogens with one attached hydrogen (secondary N) is 2. The number of carbonyl (C=O) groups excluding carboxylic acids is 1. The van der Waals surface area contributed by atoms with Crippen LogP contribution < -0.4 is 15.5 Å². The summed E-state index contributed by atoms with van der Waals surface area (Å²) in [6.45, 7) is 4.20. The minimum absolute atomic E-state index is 0. The third-order valence-corrected chi connectivity index (χ3v) is 5.14. The maximum absolute atomic E-state index is 12.7. The topological polar surface area (TPSA) is 112 Å². The number of hydrogen-bond donors (Lipinski definition) is 2. The number of aromatic nitrogens is 4. The van der Waals surface area contributed by atoms with Gasteiger partial charge in [-0.2, -0.15) is 15.3 Å². The minimum atomic E-state index is -0.934. The number of amides is 1. The van der Waals surface area contributed by atoms with Gasteiger partial charge in [0.15, 0.2) is 0 Å². The SMILES string of the molecule is C.CC[C@]1(C#N)CCN(c2ccnc(Nc3cnn(C4CNC4)c3)n2)C1=O. The van der Waals surface area contributed by atoms with Crippen LogP contribution in [0.5, 0.6) is 0 Å². The Balaban J connectivity index is 0.00000210. The largest absolute Gasteiger partial charge is 0.321 e. The Kier molecular flexibility index (Phi) is 5.10. The quantitative estimate of drug-likeness (QED) is 0.828. The molecule has 2 aromatic heterocycles. The van der Waals surface area contributed by atoms with Gasteiger partial charge in [0, 0.05) is 32.0 Å². The monoisotopic (exact) mass is 368 g/mol. The molecular weight excluding hydrogens is 344 g/mol. The van der Waals surface area contributed by atoms with E-state index in [1.807, 2.05) is 17.8 Å². The van der Waals surface area contributed by atoms with Gasteiger partial charge in [-0.3, -0.25) is 14.4 Å². The van der Waals surface area contributed by atoms with Crippen LogP contribution in [0.25, 0.3) is 0 Å². The second-order valence-electron chi connectivity index (χ2n) is 6.64. The molecule has 4 rings (SSSR count). The molecule has 2 aromatic rings. The van der Waals surface area contributed by atoms with E-state index in [1.165, 1.54) is 0 Å². The Morgan fingerprint density at radius 3 is 2.93 bits per heavy atom. The first-order chi connectivity index (χ1) is 12.6. The van der Waals surface area contributed by atoms with Crippen LogP contribution in [0.3, 0.4) is 0 Å². The number of anilines is 3. The first kappa shape index (κ1) is 18.8. The van der Waals surface area contributed by atoms with E-state index >= 15 is 0 Å². The molecule has 9 nitrogen and oxygen atoms in total. The predicted molar refractivity (Wildman–Crippen MR) is 101 cm³/mol. The second kappa shape index (κ2) is 7.32. The van der Waals surface area contributed by atoms with Gasteiger partial charge < -0.3 is 10.6 Å². The molecular formula is C18H24N8O. The zero-order valence-electron chi connectivity index (χ0n) is 14.5. The molecule has 0 unspecified atom stereocenters. The summed E-state index contributed by atoms with van der Waals surface area (Å²) in [7, 11) is 0. The fourth-order valence-electron chi connectivity index (χ4n) is 3.25. The summed E-state index contributed by atoms with van der Waals surface area (Å²) in [5.74, 6) is 0.721. The van der Waals surface area contributed by atoms with Crippen LogP contribution in [0.2, 0.25) is 0 Å². The third kappa shape index (κ3) is 3.24. The molecule has 2 N–H and O–H groups in total. The molecule has 2 saturated heterocycles. The van der Waals surface area contributed by atoms with Crippen molar-refractivity contribution in [2.24, 2.45) is 5.41 Å². The van der Waals surface area contributed by atoms with Gasteiger partial charge in [-0.1, -0.05) is 14.4 Å². The molecule has 2 aliphatic rings. The van der Waals surface area contributed by atoms with E-state index in [9.17, 15) is 10.1 Å². The number of hydrogen-bond acceptors (Lipinski definition) is 7. The Morgan fingerprint density at radius 2 is 2.30 bits per heavy atom. The first-order valence-corrected chi connectivity index (χ1v) is 8.73. The van der Waals surface area contributed by atoms with Gasteiger partial charge in [0.25, 0.3) is 0 Å². The van der Waals surface area contributed by atoms with E-state index in [-0.39, 0.29) is 13.3 Å². The standard InChI is InChI=1S/C17H20N8O.CH4/c1-2-17(11-18)4-6-24(15(17)26)14-3-5-20-16(23-14)22-12-7-21-25(10-12)13-8-19-9-13;/h3,5,7,10,13,19H,2,4,6,8-9H2,1H3,(H,20,22,23);1H4/t17-;/m1./s1. The van der Waals surface area contributed by atoms with Crippen molar-refractivity contribution >= 4 is 23.4 Å². The van der Waals surface area contributed by atoms with Crippen molar-refractivity contribution in [2.75, 3.05) is 29.9 Å². The summed E-state index contributed by atoms with van der Waals surface area (Å²) in [5, 5.41) is 20.1.